The van der Waals surface area contributed by atoms with E-state index in [0.717, 1.165) is 12.8 Å². The van der Waals surface area contributed by atoms with Crippen LogP contribution in [0.25, 0.3) is 0 Å². The summed E-state index contributed by atoms with van der Waals surface area (Å²) in [6.07, 6.45) is 6.24. The van der Waals surface area contributed by atoms with Crippen LogP contribution in [0.2, 0.25) is 5.02 Å². The van der Waals surface area contributed by atoms with Gasteiger partial charge in [-0.2, -0.15) is 0 Å². The minimum atomic E-state index is -0.959. The van der Waals surface area contributed by atoms with Crippen LogP contribution >= 0.6 is 11.6 Å². The zero-order valence-corrected chi connectivity index (χ0v) is 12.1. The Labute approximate surface area is 123 Å². The van der Waals surface area contributed by atoms with Gasteiger partial charge in [0.15, 0.2) is 0 Å². The average molecular weight is 296 g/mol. The zero-order valence-electron chi connectivity index (χ0n) is 11.4. The number of allylic oxidation sites excluding steroid dienone is 1. The maximum atomic E-state index is 12.2. The van der Waals surface area contributed by atoms with Gasteiger partial charge in [-0.05, 0) is 37.5 Å². The summed E-state index contributed by atoms with van der Waals surface area (Å²) in [5.41, 5.74) is -0.594. The molecule has 0 aliphatic heterocycles. The normalized spacial score (nSPS) is 21.6. The van der Waals surface area contributed by atoms with Crippen LogP contribution in [0.4, 0.5) is 0 Å². The number of aliphatic hydroxyl groups is 1. The third-order valence-corrected chi connectivity index (χ3v) is 3.60. The van der Waals surface area contributed by atoms with Crippen LogP contribution in [0.15, 0.2) is 30.4 Å². The minimum Gasteiger partial charge on any atom is -0.496 e. The number of ether oxygens (including phenoxy) is 1. The number of nitrogens with one attached hydrogen (secondary N) is 1. The van der Waals surface area contributed by atoms with Gasteiger partial charge in [0, 0.05) is 5.02 Å². The Bertz CT molecular complexity index is 530. The van der Waals surface area contributed by atoms with Crippen molar-refractivity contribution in [3.63, 3.8) is 0 Å². The Morgan fingerprint density at radius 3 is 3.00 bits per heavy atom. The van der Waals surface area contributed by atoms with Gasteiger partial charge >= 0.3 is 0 Å². The van der Waals surface area contributed by atoms with Crippen LogP contribution in [-0.4, -0.2) is 30.3 Å². The van der Waals surface area contributed by atoms with E-state index in [-0.39, 0.29) is 12.5 Å². The molecule has 0 spiro atoms. The predicted molar refractivity (Wildman–Crippen MR) is 78.3 cm³/mol. The van der Waals surface area contributed by atoms with E-state index in [1.165, 1.54) is 7.11 Å². The summed E-state index contributed by atoms with van der Waals surface area (Å²) in [4.78, 5) is 12.2. The molecule has 108 valence electrons. The van der Waals surface area contributed by atoms with E-state index in [0.29, 0.717) is 22.8 Å². The summed E-state index contributed by atoms with van der Waals surface area (Å²) in [5, 5.41) is 13.5. The van der Waals surface area contributed by atoms with Gasteiger partial charge in [0.2, 0.25) is 0 Å². The number of hydrogen-bond acceptors (Lipinski definition) is 3. The summed E-state index contributed by atoms with van der Waals surface area (Å²) in [5.74, 6) is 0.148. The molecule has 0 unspecified atom stereocenters. The number of carbonyl (C=O) groups excluding carboxylic acids is 1. The monoisotopic (exact) mass is 295 g/mol. The highest BCUT2D eigenvalue weighted by atomic mass is 35.5. The van der Waals surface area contributed by atoms with Gasteiger partial charge in [0.1, 0.15) is 5.75 Å². The van der Waals surface area contributed by atoms with Crippen molar-refractivity contribution in [1.29, 1.82) is 0 Å². The molecule has 2 N–H and O–H groups in total. The van der Waals surface area contributed by atoms with Crippen molar-refractivity contribution in [2.75, 3.05) is 13.7 Å². The molecule has 0 radical (unpaired) electrons. The summed E-state index contributed by atoms with van der Waals surface area (Å²) >= 11 is 5.90. The molecular formula is C15H18ClNO3. The van der Waals surface area contributed by atoms with Crippen molar-refractivity contribution >= 4 is 17.5 Å². The fourth-order valence-corrected chi connectivity index (χ4v) is 2.42. The molecule has 0 bridgehead atoms. The third kappa shape index (κ3) is 3.52. The van der Waals surface area contributed by atoms with Crippen LogP contribution in [0.1, 0.15) is 29.6 Å². The lowest BCUT2D eigenvalue weighted by molar-refractivity contribution is 0.0659. The van der Waals surface area contributed by atoms with Crippen molar-refractivity contribution in [1.82, 2.24) is 5.32 Å². The van der Waals surface area contributed by atoms with Gasteiger partial charge < -0.3 is 15.2 Å². The molecule has 20 heavy (non-hydrogen) atoms. The number of hydrogen-bond donors (Lipinski definition) is 2. The third-order valence-electron chi connectivity index (χ3n) is 3.37. The average Bonchev–Trinajstić information content (AvgIpc) is 2.45. The highest BCUT2D eigenvalue weighted by Gasteiger charge is 2.26. The molecule has 1 aromatic carbocycles. The van der Waals surface area contributed by atoms with Gasteiger partial charge in [-0.3, -0.25) is 4.79 Å². The first-order valence-electron chi connectivity index (χ1n) is 6.56. The quantitative estimate of drug-likeness (QED) is 0.839. The number of amides is 1. The van der Waals surface area contributed by atoms with Gasteiger partial charge in [0.05, 0.1) is 24.8 Å². The number of methoxy groups -OCH3 is 1. The topological polar surface area (TPSA) is 58.6 Å². The van der Waals surface area contributed by atoms with Crippen LogP contribution < -0.4 is 10.1 Å². The summed E-state index contributed by atoms with van der Waals surface area (Å²) in [7, 11) is 1.50. The Morgan fingerprint density at radius 1 is 1.55 bits per heavy atom. The van der Waals surface area contributed by atoms with Crippen molar-refractivity contribution in [2.24, 2.45) is 0 Å². The molecule has 1 aliphatic carbocycles. The largest absolute Gasteiger partial charge is 0.496 e. The summed E-state index contributed by atoms with van der Waals surface area (Å²) in [6, 6.07) is 4.86. The lowest BCUT2D eigenvalue weighted by Crippen LogP contribution is -2.42. The molecule has 2 rings (SSSR count). The first kappa shape index (κ1) is 14.9. The lowest BCUT2D eigenvalue weighted by Gasteiger charge is -2.27. The van der Waals surface area contributed by atoms with E-state index in [1.807, 2.05) is 6.08 Å². The maximum Gasteiger partial charge on any atom is 0.255 e. The number of carbonyl (C=O) groups is 1. The van der Waals surface area contributed by atoms with E-state index in [4.69, 9.17) is 16.3 Å². The Hall–Kier alpha value is -1.52. The van der Waals surface area contributed by atoms with Crippen LogP contribution in [0.3, 0.4) is 0 Å². The molecule has 1 aliphatic rings. The molecular weight excluding hydrogens is 278 g/mol. The zero-order chi connectivity index (χ0) is 14.6. The summed E-state index contributed by atoms with van der Waals surface area (Å²) in [6.45, 7) is 0.179. The first-order valence-corrected chi connectivity index (χ1v) is 6.94. The number of rotatable bonds is 4. The molecule has 5 heteroatoms. The van der Waals surface area contributed by atoms with E-state index in [1.54, 1.807) is 24.3 Å². The molecule has 0 fully saturated rings. The predicted octanol–water partition coefficient (Wildman–Crippen LogP) is 2.55. The van der Waals surface area contributed by atoms with Crippen molar-refractivity contribution < 1.29 is 14.6 Å². The van der Waals surface area contributed by atoms with Crippen LogP contribution in [0.5, 0.6) is 5.75 Å². The maximum absolute atomic E-state index is 12.2. The van der Waals surface area contributed by atoms with E-state index in [2.05, 4.69) is 5.32 Å². The Morgan fingerprint density at radius 2 is 2.35 bits per heavy atom. The van der Waals surface area contributed by atoms with Crippen molar-refractivity contribution in [3.8, 4) is 5.75 Å². The smallest absolute Gasteiger partial charge is 0.255 e. The lowest BCUT2D eigenvalue weighted by atomic mass is 9.91. The molecule has 1 aromatic rings. The minimum absolute atomic E-state index is 0.179. The van der Waals surface area contributed by atoms with Gasteiger partial charge in [0.25, 0.3) is 5.91 Å². The summed E-state index contributed by atoms with van der Waals surface area (Å²) < 4.78 is 5.14. The number of halogens is 1. The Kier molecular flexibility index (Phi) is 4.68. The Balaban J connectivity index is 2.07. The van der Waals surface area contributed by atoms with E-state index >= 15 is 0 Å². The fourth-order valence-electron chi connectivity index (χ4n) is 2.25. The molecule has 0 saturated carbocycles. The second-order valence-electron chi connectivity index (χ2n) is 4.93. The molecule has 0 saturated heterocycles. The molecule has 4 nitrogen and oxygen atoms in total. The van der Waals surface area contributed by atoms with Crippen molar-refractivity contribution in [3.05, 3.63) is 40.9 Å². The van der Waals surface area contributed by atoms with Crippen LogP contribution in [-0.2, 0) is 0 Å². The second kappa shape index (κ2) is 6.29. The standard InChI is InChI=1S/C15H18ClNO3/c1-20-13-6-5-11(16)9-12(13)14(18)17-10-15(19)7-3-2-4-8-15/h3,5-7,9,19H,2,4,8,10H2,1H3,(H,17,18)/t15-/m0/s1. The van der Waals surface area contributed by atoms with Crippen molar-refractivity contribution in [2.45, 2.75) is 24.9 Å². The van der Waals surface area contributed by atoms with E-state index in [9.17, 15) is 9.90 Å². The first-order chi connectivity index (χ1) is 9.54. The highest BCUT2D eigenvalue weighted by Crippen LogP contribution is 2.24. The molecule has 0 aromatic heterocycles. The fraction of sp³-hybridized carbons (Fsp3) is 0.400. The van der Waals surface area contributed by atoms with Crippen LogP contribution in [0, 0.1) is 0 Å². The van der Waals surface area contributed by atoms with Gasteiger partial charge in [-0.15, -0.1) is 0 Å². The highest BCUT2D eigenvalue weighted by molar-refractivity contribution is 6.31. The number of benzene rings is 1. The van der Waals surface area contributed by atoms with Gasteiger partial charge in [-0.1, -0.05) is 23.8 Å². The molecule has 0 heterocycles. The molecule has 1 amide bonds. The second-order valence-corrected chi connectivity index (χ2v) is 5.36. The van der Waals surface area contributed by atoms with Gasteiger partial charge in [-0.25, -0.2) is 0 Å². The SMILES string of the molecule is COc1ccc(Cl)cc1C(=O)NC[C@]1(O)C=CCCC1. The van der Waals surface area contributed by atoms with E-state index < -0.39 is 5.60 Å². The molecule has 1 atom stereocenters.